The van der Waals surface area contributed by atoms with Crippen LogP contribution in [0.25, 0.3) is 0 Å². The van der Waals surface area contributed by atoms with Gasteiger partial charge in [-0.1, -0.05) is 12.1 Å². The average Bonchev–Trinajstić information content (AvgIpc) is 2.54. The van der Waals surface area contributed by atoms with Crippen LogP contribution in [0.3, 0.4) is 0 Å². The second-order valence-electron chi connectivity index (χ2n) is 5.02. The minimum absolute atomic E-state index is 0.122. The normalized spacial score (nSPS) is 17.3. The monoisotopic (exact) mass is 318 g/mol. The number of rotatable bonds is 4. The maximum absolute atomic E-state index is 12.6. The van der Waals surface area contributed by atoms with E-state index in [2.05, 4.69) is 10.6 Å². The van der Waals surface area contributed by atoms with Crippen molar-refractivity contribution in [3.63, 3.8) is 0 Å². The quantitative estimate of drug-likeness (QED) is 0.814. The molecule has 0 fully saturated rings. The Kier molecular flexibility index (Phi) is 5.00. The first-order chi connectivity index (χ1) is 11.0. The Morgan fingerprint density at radius 1 is 1.26 bits per heavy atom. The van der Waals surface area contributed by atoms with Gasteiger partial charge in [0.2, 0.25) is 11.8 Å². The lowest BCUT2D eigenvalue weighted by molar-refractivity contribution is -0.139. The summed E-state index contributed by atoms with van der Waals surface area (Å²) in [6.07, 6.45) is -0.122. The Balaban J connectivity index is 2.30. The molecule has 0 saturated heterocycles. The first-order valence-corrected chi connectivity index (χ1v) is 7.00. The molecular weight excluding hydrogens is 300 g/mol. The molecule has 122 valence electrons. The molecule has 0 spiro atoms. The van der Waals surface area contributed by atoms with Gasteiger partial charge in [0.25, 0.3) is 0 Å². The minimum atomic E-state index is -0.916. The van der Waals surface area contributed by atoms with E-state index in [1.807, 2.05) is 0 Å². The molecule has 0 aromatic heterocycles. The molecule has 0 radical (unpaired) electrons. The van der Waals surface area contributed by atoms with Gasteiger partial charge in [0, 0.05) is 12.1 Å². The molecule has 1 aromatic rings. The molecule has 1 aromatic carbocycles. The van der Waals surface area contributed by atoms with Gasteiger partial charge >= 0.3 is 5.97 Å². The molecule has 1 aliphatic heterocycles. The summed E-state index contributed by atoms with van der Waals surface area (Å²) >= 11 is 0. The van der Waals surface area contributed by atoms with Crippen LogP contribution < -0.4 is 15.4 Å². The van der Waals surface area contributed by atoms with Crippen LogP contribution in [0.1, 0.15) is 13.3 Å². The summed E-state index contributed by atoms with van der Waals surface area (Å²) in [4.78, 5) is 36.2. The van der Waals surface area contributed by atoms with Gasteiger partial charge in [-0.3, -0.25) is 9.59 Å². The van der Waals surface area contributed by atoms with E-state index in [9.17, 15) is 14.4 Å². The van der Waals surface area contributed by atoms with E-state index >= 15 is 0 Å². The number of carbonyl (C=O) groups excluding carboxylic acids is 3. The van der Waals surface area contributed by atoms with Crippen molar-refractivity contribution in [3.8, 4) is 5.75 Å². The number of ether oxygens (including phenoxy) is 2. The number of amides is 2. The van der Waals surface area contributed by atoms with Crippen molar-refractivity contribution >= 4 is 23.5 Å². The molecule has 1 atom stereocenters. The van der Waals surface area contributed by atoms with Crippen LogP contribution >= 0.6 is 0 Å². The smallest absolute Gasteiger partial charge is 0.336 e. The number of hydrogen-bond donors (Lipinski definition) is 2. The summed E-state index contributed by atoms with van der Waals surface area (Å²) < 4.78 is 9.89. The topological polar surface area (TPSA) is 93.7 Å². The summed E-state index contributed by atoms with van der Waals surface area (Å²) in [6.45, 7) is 1.56. The van der Waals surface area contributed by atoms with Crippen molar-refractivity contribution in [2.24, 2.45) is 5.92 Å². The van der Waals surface area contributed by atoms with E-state index in [4.69, 9.17) is 9.47 Å². The van der Waals surface area contributed by atoms with Crippen molar-refractivity contribution in [2.45, 2.75) is 13.3 Å². The number of nitrogens with one attached hydrogen (secondary N) is 2. The molecule has 2 rings (SSSR count). The number of allylic oxidation sites excluding steroid dienone is 1. The Hall–Kier alpha value is -2.83. The molecular formula is C16H18N2O5. The molecule has 2 N–H and O–H groups in total. The Bertz CT molecular complexity index is 681. The third-order valence-electron chi connectivity index (χ3n) is 3.56. The van der Waals surface area contributed by atoms with E-state index in [1.54, 1.807) is 31.2 Å². The van der Waals surface area contributed by atoms with E-state index in [-0.39, 0.29) is 17.9 Å². The molecule has 23 heavy (non-hydrogen) atoms. The number of methoxy groups -OCH3 is 2. The first kappa shape index (κ1) is 16.5. The minimum Gasteiger partial charge on any atom is -0.495 e. The lowest BCUT2D eigenvalue weighted by atomic mass is 9.89. The summed E-state index contributed by atoms with van der Waals surface area (Å²) in [5.41, 5.74) is 0.945. The van der Waals surface area contributed by atoms with Gasteiger partial charge in [0.1, 0.15) is 5.75 Å². The molecule has 1 unspecified atom stereocenters. The molecule has 0 aliphatic carbocycles. The number of esters is 1. The fraction of sp³-hybridized carbons (Fsp3) is 0.312. The Labute approximate surface area is 133 Å². The predicted octanol–water partition coefficient (Wildman–Crippen LogP) is 1.22. The zero-order valence-electron chi connectivity index (χ0n) is 13.1. The molecule has 7 heteroatoms. The predicted molar refractivity (Wildman–Crippen MR) is 82.6 cm³/mol. The van der Waals surface area contributed by atoms with Crippen LogP contribution in [0.4, 0.5) is 5.69 Å². The highest BCUT2D eigenvalue weighted by atomic mass is 16.5. The molecule has 7 nitrogen and oxygen atoms in total. The van der Waals surface area contributed by atoms with E-state index in [1.165, 1.54) is 14.2 Å². The van der Waals surface area contributed by atoms with E-state index < -0.39 is 17.8 Å². The molecule has 1 heterocycles. The number of carbonyl (C=O) groups is 3. The highest BCUT2D eigenvalue weighted by Gasteiger charge is 2.36. The molecule has 2 amide bonds. The second-order valence-corrected chi connectivity index (χ2v) is 5.02. The summed E-state index contributed by atoms with van der Waals surface area (Å²) in [6, 6.07) is 6.89. The van der Waals surface area contributed by atoms with Crippen molar-refractivity contribution in [1.82, 2.24) is 5.32 Å². The van der Waals surface area contributed by atoms with Gasteiger partial charge < -0.3 is 20.1 Å². The SMILES string of the molecule is COC(=O)C1=C(C)NC(=O)CC1C(=O)Nc1ccccc1OC. The van der Waals surface area contributed by atoms with Gasteiger partial charge in [0.15, 0.2) is 0 Å². The van der Waals surface area contributed by atoms with Crippen LogP contribution in [0, 0.1) is 5.92 Å². The second kappa shape index (κ2) is 6.95. The summed E-state index contributed by atoms with van der Waals surface area (Å²) in [5, 5.41) is 5.25. The third kappa shape index (κ3) is 3.50. The lowest BCUT2D eigenvalue weighted by Crippen LogP contribution is -2.40. The van der Waals surface area contributed by atoms with Gasteiger partial charge in [-0.25, -0.2) is 4.79 Å². The van der Waals surface area contributed by atoms with E-state index in [0.717, 1.165) is 0 Å². The van der Waals surface area contributed by atoms with Crippen LogP contribution in [0.2, 0.25) is 0 Å². The number of anilines is 1. The van der Waals surface area contributed by atoms with Gasteiger partial charge in [-0.2, -0.15) is 0 Å². The van der Waals surface area contributed by atoms with Crippen LogP contribution in [-0.4, -0.2) is 32.0 Å². The molecule has 0 saturated carbocycles. The summed E-state index contributed by atoms with van der Waals surface area (Å²) in [5.74, 6) is -1.86. The van der Waals surface area contributed by atoms with Crippen molar-refractivity contribution in [3.05, 3.63) is 35.5 Å². The van der Waals surface area contributed by atoms with Crippen LogP contribution in [0.15, 0.2) is 35.5 Å². The highest BCUT2D eigenvalue weighted by Crippen LogP contribution is 2.28. The number of benzene rings is 1. The number of para-hydroxylation sites is 2. The van der Waals surface area contributed by atoms with Crippen LogP contribution in [-0.2, 0) is 19.1 Å². The van der Waals surface area contributed by atoms with Gasteiger partial charge in [0.05, 0.1) is 31.4 Å². The maximum atomic E-state index is 12.6. The Morgan fingerprint density at radius 2 is 1.96 bits per heavy atom. The molecule has 1 aliphatic rings. The van der Waals surface area contributed by atoms with Crippen molar-refractivity contribution < 1.29 is 23.9 Å². The lowest BCUT2D eigenvalue weighted by Gasteiger charge is -2.25. The number of hydrogen-bond acceptors (Lipinski definition) is 5. The fourth-order valence-corrected chi connectivity index (χ4v) is 2.47. The summed E-state index contributed by atoms with van der Waals surface area (Å²) in [7, 11) is 2.72. The van der Waals surface area contributed by atoms with Crippen LogP contribution in [0.5, 0.6) is 5.75 Å². The van der Waals surface area contributed by atoms with E-state index in [0.29, 0.717) is 17.1 Å². The standard InChI is InChI=1S/C16H18N2O5/c1-9-14(16(21)23-3)10(8-13(19)17-9)15(20)18-11-6-4-5-7-12(11)22-2/h4-7,10H,8H2,1-3H3,(H,17,19)(H,18,20). The van der Waals surface area contributed by atoms with Gasteiger partial charge in [-0.15, -0.1) is 0 Å². The zero-order chi connectivity index (χ0) is 17.0. The molecule has 0 bridgehead atoms. The van der Waals surface area contributed by atoms with Crippen molar-refractivity contribution in [1.29, 1.82) is 0 Å². The average molecular weight is 318 g/mol. The third-order valence-corrected chi connectivity index (χ3v) is 3.56. The zero-order valence-corrected chi connectivity index (χ0v) is 13.1. The Morgan fingerprint density at radius 3 is 2.61 bits per heavy atom. The maximum Gasteiger partial charge on any atom is 0.336 e. The highest BCUT2D eigenvalue weighted by molar-refractivity contribution is 6.06. The largest absolute Gasteiger partial charge is 0.495 e. The van der Waals surface area contributed by atoms with Crippen molar-refractivity contribution in [2.75, 3.05) is 19.5 Å². The fourth-order valence-electron chi connectivity index (χ4n) is 2.47. The van der Waals surface area contributed by atoms with Gasteiger partial charge in [-0.05, 0) is 19.1 Å². The first-order valence-electron chi connectivity index (χ1n) is 7.00.